The van der Waals surface area contributed by atoms with Crippen LogP contribution >= 0.6 is 0 Å². The van der Waals surface area contributed by atoms with Crippen LogP contribution in [0.1, 0.15) is 64.4 Å². The zero-order chi connectivity index (χ0) is 24.2. The first kappa shape index (κ1) is 24.5. The molecule has 1 atom stereocenters. The molecule has 1 unspecified atom stereocenters. The van der Waals surface area contributed by atoms with Gasteiger partial charge in [0.2, 0.25) is 5.43 Å². The Bertz CT molecular complexity index is 1050. The highest BCUT2D eigenvalue weighted by atomic mass is 19.4. The van der Waals surface area contributed by atoms with Crippen molar-refractivity contribution in [3.05, 3.63) is 63.8 Å². The highest BCUT2D eigenvalue weighted by Gasteiger charge is 2.42. The topological polar surface area (TPSA) is 84.3 Å². The van der Waals surface area contributed by atoms with Crippen LogP contribution in [0.5, 0.6) is 0 Å². The first-order valence-corrected chi connectivity index (χ1v) is 10.8. The average molecular weight is 464 g/mol. The van der Waals surface area contributed by atoms with Crippen molar-refractivity contribution in [1.29, 1.82) is 0 Å². The Hall–Kier alpha value is -3.17. The number of pyridine rings is 2. The zero-order valence-corrected chi connectivity index (χ0v) is 18.6. The molecule has 2 amide bonds. The van der Waals surface area contributed by atoms with E-state index in [0.717, 1.165) is 38.3 Å². The molecule has 7 nitrogen and oxygen atoms in total. The van der Waals surface area contributed by atoms with Crippen molar-refractivity contribution in [3.8, 4) is 0 Å². The Morgan fingerprint density at radius 1 is 1.18 bits per heavy atom. The van der Waals surface area contributed by atoms with E-state index in [9.17, 15) is 27.6 Å². The Kier molecular flexibility index (Phi) is 7.55. The van der Waals surface area contributed by atoms with Crippen molar-refractivity contribution >= 4 is 11.8 Å². The van der Waals surface area contributed by atoms with E-state index >= 15 is 0 Å². The predicted octanol–water partition coefficient (Wildman–Crippen LogP) is 3.56. The fourth-order valence-electron chi connectivity index (χ4n) is 4.07. The number of hydrogen-bond acceptors (Lipinski definition) is 4. The first-order valence-electron chi connectivity index (χ1n) is 10.8. The molecule has 0 saturated heterocycles. The van der Waals surface area contributed by atoms with Crippen LogP contribution in [0.2, 0.25) is 0 Å². The molecule has 0 bridgehead atoms. The van der Waals surface area contributed by atoms with Crippen molar-refractivity contribution in [2.45, 2.75) is 50.9 Å². The maximum atomic E-state index is 13.7. The lowest BCUT2D eigenvalue weighted by Gasteiger charge is -2.24. The van der Waals surface area contributed by atoms with Gasteiger partial charge in [0, 0.05) is 51.0 Å². The van der Waals surface area contributed by atoms with Crippen LogP contribution in [0, 0.1) is 5.92 Å². The number of alkyl halides is 3. The van der Waals surface area contributed by atoms with Crippen LogP contribution in [0.15, 0.2) is 41.7 Å². The van der Waals surface area contributed by atoms with Gasteiger partial charge in [-0.05, 0) is 24.8 Å². The molecule has 1 N–H and O–H groups in total. The number of nitrogens with one attached hydrogen (secondary N) is 1. The summed E-state index contributed by atoms with van der Waals surface area (Å²) in [6, 6.07) is 0.171. The highest BCUT2D eigenvalue weighted by Crippen LogP contribution is 2.32. The van der Waals surface area contributed by atoms with E-state index in [1.54, 1.807) is 4.57 Å². The summed E-state index contributed by atoms with van der Waals surface area (Å²) in [5.41, 5.74) is -1.93. The Morgan fingerprint density at radius 2 is 1.85 bits per heavy atom. The zero-order valence-electron chi connectivity index (χ0n) is 18.6. The van der Waals surface area contributed by atoms with Crippen LogP contribution in [0.3, 0.4) is 0 Å². The quantitative estimate of drug-likeness (QED) is 0.709. The molecule has 2 heterocycles. The van der Waals surface area contributed by atoms with Gasteiger partial charge in [-0.25, -0.2) is 0 Å². The maximum Gasteiger partial charge on any atom is 0.412 e. The van der Waals surface area contributed by atoms with Crippen LogP contribution in [0.25, 0.3) is 0 Å². The van der Waals surface area contributed by atoms with E-state index < -0.39 is 35.0 Å². The molecular weight excluding hydrogens is 437 g/mol. The highest BCUT2D eigenvalue weighted by molar-refractivity contribution is 5.99. The number of rotatable bonds is 6. The Balaban J connectivity index is 1.99. The van der Waals surface area contributed by atoms with Gasteiger partial charge in [0.05, 0.1) is 0 Å². The first-order chi connectivity index (χ1) is 15.6. The number of carbonyl (C=O) groups is 2. The smallest absolute Gasteiger partial charge is 0.352 e. The number of halogens is 3. The summed E-state index contributed by atoms with van der Waals surface area (Å²) in [6.45, 7) is 0.472. The van der Waals surface area contributed by atoms with E-state index in [4.69, 9.17) is 0 Å². The monoisotopic (exact) mass is 464 g/mol. The molecule has 1 aliphatic carbocycles. The summed E-state index contributed by atoms with van der Waals surface area (Å²) in [5.74, 6) is -1.51. The molecule has 0 aliphatic heterocycles. The molecule has 1 saturated carbocycles. The number of carbonyl (C=O) groups excluding carboxylic acids is 2. The SMILES string of the molecule is CN(C)C(=O)c1cn(CC2CCCCC2)cc(C(=O)NC(c2cccnc2)C(F)(F)F)c1=O. The van der Waals surface area contributed by atoms with Gasteiger partial charge in [0.25, 0.3) is 11.8 Å². The van der Waals surface area contributed by atoms with Crippen LogP contribution in [-0.2, 0) is 6.54 Å². The van der Waals surface area contributed by atoms with Crippen molar-refractivity contribution in [3.63, 3.8) is 0 Å². The van der Waals surface area contributed by atoms with Gasteiger partial charge < -0.3 is 14.8 Å². The van der Waals surface area contributed by atoms with Gasteiger partial charge in [-0.3, -0.25) is 19.4 Å². The third kappa shape index (κ3) is 6.00. The summed E-state index contributed by atoms with van der Waals surface area (Å²) >= 11 is 0. The fraction of sp³-hybridized carbons (Fsp3) is 0.478. The lowest BCUT2D eigenvalue weighted by atomic mass is 9.89. The molecule has 1 aliphatic rings. The number of amides is 2. The molecule has 1 fully saturated rings. The van der Waals surface area contributed by atoms with Crippen LogP contribution in [0.4, 0.5) is 13.2 Å². The van der Waals surface area contributed by atoms with E-state index in [1.165, 1.54) is 49.7 Å². The van der Waals surface area contributed by atoms with Crippen LogP contribution in [-0.4, -0.2) is 46.5 Å². The largest absolute Gasteiger partial charge is 0.412 e. The molecule has 178 valence electrons. The number of nitrogens with zero attached hydrogens (tertiary/aromatic N) is 3. The summed E-state index contributed by atoms with van der Waals surface area (Å²) in [7, 11) is 2.92. The van der Waals surface area contributed by atoms with E-state index in [1.807, 2.05) is 5.32 Å². The average Bonchev–Trinajstić information content (AvgIpc) is 2.78. The van der Waals surface area contributed by atoms with Gasteiger partial charge in [0.15, 0.2) is 6.04 Å². The number of aromatic nitrogens is 2. The lowest BCUT2D eigenvalue weighted by Crippen LogP contribution is -2.41. The fourth-order valence-corrected chi connectivity index (χ4v) is 4.07. The summed E-state index contributed by atoms with van der Waals surface area (Å²) in [4.78, 5) is 43.3. The van der Waals surface area contributed by atoms with Crippen LogP contribution < -0.4 is 10.7 Å². The molecule has 33 heavy (non-hydrogen) atoms. The van der Waals surface area contributed by atoms with Crippen molar-refractivity contribution in [1.82, 2.24) is 19.8 Å². The third-order valence-electron chi connectivity index (χ3n) is 5.77. The predicted molar refractivity (Wildman–Crippen MR) is 116 cm³/mol. The molecular formula is C23H27F3N4O3. The Morgan fingerprint density at radius 3 is 2.42 bits per heavy atom. The molecule has 2 aromatic rings. The minimum absolute atomic E-state index is 0.256. The minimum atomic E-state index is -4.81. The number of hydrogen-bond donors (Lipinski definition) is 1. The molecule has 0 radical (unpaired) electrons. The van der Waals surface area contributed by atoms with Gasteiger partial charge >= 0.3 is 6.18 Å². The normalized spacial score (nSPS) is 15.7. The molecule has 0 aromatic carbocycles. The third-order valence-corrected chi connectivity index (χ3v) is 5.77. The van der Waals surface area contributed by atoms with E-state index in [-0.39, 0.29) is 11.1 Å². The second kappa shape index (κ2) is 10.2. The molecule has 3 rings (SSSR count). The van der Waals surface area contributed by atoms with E-state index in [0.29, 0.717) is 12.5 Å². The van der Waals surface area contributed by atoms with E-state index in [2.05, 4.69) is 4.98 Å². The molecule has 2 aromatic heterocycles. The summed E-state index contributed by atoms with van der Waals surface area (Å²) in [6.07, 6.45) is 5.38. The summed E-state index contributed by atoms with van der Waals surface area (Å²) in [5, 5.41) is 1.91. The minimum Gasteiger partial charge on any atom is -0.352 e. The second-order valence-corrected chi connectivity index (χ2v) is 8.55. The maximum absolute atomic E-state index is 13.7. The Labute approximate surface area is 189 Å². The standard InChI is InChI=1S/C23H27F3N4O3/c1-29(2)22(33)18-14-30(12-15-7-4-3-5-8-15)13-17(19(18)31)21(32)28-20(23(24,25)26)16-9-6-10-27-11-16/h6,9-11,13-15,20H,3-5,7-8,12H2,1-2H3,(H,28,32). The molecule has 0 spiro atoms. The van der Waals surface area contributed by atoms with Crippen molar-refractivity contribution < 1.29 is 22.8 Å². The molecule has 10 heteroatoms. The van der Waals surface area contributed by atoms with Gasteiger partial charge in [-0.2, -0.15) is 13.2 Å². The van der Waals surface area contributed by atoms with Gasteiger partial charge in [-0.1, -0.05) is 25.3 Å². The van der Waals surface area contributed by atoms with Crippen molar-refractivity contribution in [2.75, 3.05) is 14.1 Å². The second-order valence-electron chi connectivity index (χ2n) is 8.55. The van der Waals surface area contributed by atoms with Crippen molar-refractivity contribution in [2.24, 2.45) is 5.92 Å². The summed E-state index contributed by atoms with van der Waals surface area (Å²) < 4.78 is 42.7. The lowest BCUT2D eigenvalue weighted by molar-refractivity contribution is -0.155. The van der Waals surface area contributed by atoms with Gasteiger partial charge in [-0.15, -0.1) is 0 Å². The van der Waals surface area contributed by atoms with Gasteiger partial charge in [0.1, 0.15) is 11.1 Å².